The fraction of sp³-hybridized carbons (Fsp3) is 0.562. The van der Waals surface area contributed by atoms with Crippen LogP contribution in [0, 0.1) is 0 Å². The average molecular weight is 310 g/mol. The van der Waals surface area contributed by atoms with E-state index >= 15 is 0 Å². The SMILES string of the molecule is CCCC1CCCCN1CC(=O)Nc1cc(Cl)ccc1N. The monoisotopic (exact) mass is 309 g/mol. The van der Waals surface area contributed by atoms with Crippen molar-refractivity contribution in [2.45, 2.75) is 45.1 Å². The summed E-state index contributed by atoms with van der Waals surface area (Å²) < 4.78 is 0. The molecule has 21 heavy (non-hydrogen) atoms. The standard InChI is InChI=1S/C16H24ClN3O/c1-2-5-13-6-3-4-9-20(13)11-16(21)19-15-10-12(17)7-8-14(15)18/h7-8,10,13H,2-6,9,11,18H2,1H3,(H,19,21). The minimum atomic E-state index is -0.0213. The minimum absolute atomic E-state index is 0.0213. The van der Waals surface area contributed by atoms with Gasteiger partial charge >= 0.3 is 0 Å². The molecule has 1 atom stereocenters. The number of benzene rings is 1. The summed E-state index contributed by atoms with van der Waals surface area (Å²) in [7, 11) is 0. The van der Waals surface area contributed by atoms with E-state index in [0.29, 0.717) is 29.0 Å². The lowest BCUT2D eigenvalue weighted by Crippen LogP contribution is -2.43. The zero-order valence-electron chi connectivity index (χ0n) is 12.6. The Labute approximate surface area is 131 Å². The molecule has 1 aromatic rings. The molecule has 4 nitrogen and oxygen atoms in total. The Balaban J connectivity index is 1.95. The molecule has 0 spiro atoms. The predicted molar refractivity (Wildman–Crippen MR) is 88.6 cm³/mol. The largest absolute Gasteiger partial charge is 0.397 e. The molecular formula is C16H24ClN3O. The van der Waals surface area contributed by atoms with E-state index in [4.69, 9.17) is 17.3 Å². The highest BCUT2D eigenvalue weighted by Crippen LogP contribution is 2.24. The summed E-state index contributed by atoms with van der Waals surface area (Å²) >= 11 is 5.94. The number of nitrogens with one attached hydrogen (secondary N) is 1. The van der Waals surface area contributed by atoms with E-state index in [1.807, 2.05) is 0 Å². The fourth-order valence-corrected chi connectivity index (χ4v) is 3.11. The lowest BCUT2D eigenvalue weighted by Gasteiger charge is -2.35. The molecule has 0 bridgehead atoms. The van der Waals surface area contributed by atoms with Gasteiger partial charge in [0.1, 0.15) is 0 Å². The molecule has 1 heterocycles. The first-order chi connectivity index (χ1) is 10.1. The highest BCUT2D eigenvalue weighted by Gasteiger charge is 2.23. The van der Waals surface area contributed by atoms with Crippen LogP contribution in [0.4, 0.5) is 11.4 Å². The van der Waals surface area contributed by atoms with Crippen molar-refractivity contribution in [3.05, 3.63) is 23.2 Å². The van der Waals surface area contributed by atoms with Crippen molar-refractivity contribution in [2.24, 2.45) is 0 Å². The highest BCUT2D eigenvalue weighted by atomic mass is 35.5. The summed E-state index contributed by atoms with van der Waals surface area (Å²) in [6, 6.07) is 5.65. The van der Waals surface area contributed by atoms with Crippen LogP contribution < -0.4 is 11.1 Å². The first-order valence-electron chi connectivity index (χ1n) is 7.69. The molecule has 5 heteroatoms. The molecule has 2 rings (SSSR count). The highest BCUT2D eigenvalue weighted by molar-refractivity contribution is 6.31. The van der Waals surface area contributed by atoms with Crippen molar-refractivity contribution in [1.82, 2.24) is 4.90 Å². The van der Waals surface area contributed by atoms with Crippen LogP contribution in [0.15, 0.2) is 18.2 Å². The van der Waals surface area contributed by atoms with Crippen molar-refractivity contribution in [3.63, 3.8) is 0 Å². The number of hydrogen-bond donors (Lipinski definition) is 2. The summed E-state index contributed by atoms with van der Waals surface area (Å²) in [6.07, 6.45) is 5.95. The summed E-state index contributed by atoms with van der Waals surface area (Å²) in [5, 5.41) is 3.44. The number of hydrogen-bond acceptors (Lipinski definition) is 3. The molecule has 0 saturated carbocycles. The molecule has 1 unspecified atom stereocenters. The van der Waals surface area contributed by atoms with Gasteiger partial charge < -0.3 is 11.1 Å². The van der Waals surface area contributed by atoms with Gasteiger partial charge in [0.2, 0.25) is 5.91 Å². The molecule has 116 valence electrons. The number of nitrogens with zero attached hydrogens (tertiary/aromatic N) is 1. The molecule has 1 saturated heterocycles. The van der Waals surface area contributed by atoms with E-state index < -0.39 is 0 Å². The Morgan fingerprint density at radius 2 is 2.29 bits per heavy atom. The van der Waals surface area contributed by atoms with Gasteiger partial charge in [0.25, 0.3) is 0 Å². The van der Waals surface area contributed by atoms with Crippen LogP contribution in [0.3, 0.4) is 0 Å². The number of carbonyl (C=O) groups excluding carboxylic acids is 1. The maximum atomic E-state index is 12.2. The van der Waals surface area contributed by atoms with Gasteiger partial charge in [-0.25, -0.2) is 0 Å². The number of amides is 1. The van der Waals surface area contributed by atoms with Crippen molar-refractivity contribution in [1.29, 1.82) is 0 Å². The predicted octanol–water partition coefficient (Wildman–Crippen LogP) is 3.52. The van der Waals surface area contributed by atoms with Crippen molar-refractivity contribution in [3.8, 4) is 0 Å². The van der Waals surface area contributed by atoms with E-state index in [-0.39, 0.29) is 5.91 Å². The van der Waals surface area contributed by atoms with E-state index in [2.05, 4.69) is 17.1 Å². The number of nitrogen functional groups attached to an aromatic ring is 1. The van der Waals surface area contributed by atoms with E-state index in [1.54, 1.807) is 18.2 Å². The van der Waals surface area contributed by atoms with Crippen LogP contribution in [-0.4, -0.2) is 29.9 Å². The zero-order chi connectivity index (χ0) is 15.2. The maximum Gasteiger partial charge on any atom is 0.238 e. The van der Waals surface area contributed by atoms with E-state index in [1.165, 1.54) is 19.3 Å². The third-order valence-electron chi connectivity index (χ3n) is 4.01. The lowest BCUT2D eigenvalue weighted by molar-refractivity contribution is -0.118. The Hall–Kier alpha value is -1.26. The number of piperidine rings is 1. The Kier molecular flexibility index (Phi) is 5.88. The molecular weight excluding hydrogens is 286 g/mol. The number of carbonyl (C=O) groups is 1. The Morgan fingerprint density at radius 1 is 1.48 bits per heavy atom. The first-order valence-corrected chi connectivity index (χ1v) is 8.07. The summed E-state index contributed by atoms with van der Waals surface area (Å²) in [5.41, 5.74) is 6.99. The second kappa shape index (κ2) is 7.66. The van der Waals surface area contributed by atoms with Crippen molar-refractivity contribution < 1.29 is 4.79 Å². The lowest BCUT2D eigenvalue weighted by atomic mass is 9.98. The molecule has 0 aromatic heterocycles. The van der Waals surface area contributed by atoms with Crippen LogP contribution in [0.5, 0.6) is 0 Å². The van der Waals surface area contributed by atoms with Gasteiger partial charge in [-0.15, -0.1) is 0 Å². The third-order valence-corrected chi connectivity index (χ3v) is 4.24. The summed E-state index contributed by atoms with van der Waals surface area (Å²) in [5.74, 6) is -0.0213. The van der Waals surface area contributed by atoms with Crippen molar-refractivity contribution in [2.75, 3.05) is 24.1 Å². The topological polar surface area (TPSA) is 58.4 Å². The van der Waals surface area contributed by atoms with Gasteiger partial charge in [-0.05, 0) is 44.0 Å². The van der Waals surface area contributed by atoms with Gasteiger partial charge in [0.15, 0.2) is 0 Å². The number of rotatable bonds is 5. The smallest absolute Gasteiger partial charge is 0.238 e. The average Bonchev–Trinajstić information content (AvgIpc) is 2.45. The minimum Gasteiger partial charge on any atom is -0.397 e. The molecule has 1 aromatic carbocycles. The van der Waals surface area contributed by atoms with Gasteiger partial charge in [-0.1, -0.05) is 31.4 Å². The van der Waals surface area contributed by atoms with Crippen LogP contribution >= 0.6 is 11.6 Å². The molecule has 1 amide bonds. The molecule has 0 aliphatic carbocycles. The maximum absolute atomic E-state index is 12.2. The van der Waals surface area contributed by atoms with Crippen LogP contribution in [0.25, 0.3) is 0 Å². The van der Waals surface area contributed by atoms with Crippen LogP contribution in [-0.2, 0) is 4.79 Å². The molecule has 3 N–H and O–H groups in total. The quantitative estimate of drug-likeness (QED) is 0.818. The molecule has 1 aliphatic rings. The number of anilines is 2. The normalized spacial score (nSPS) is 19.4. The summed E-state index contributed by atoms with van der Waals surface area (Å²) in [6.45, 7) is 3.62. The number of likely N-dealkylation sites (tertiary alicyclic amines) is 1. The number of halogens is 1. The first kappa shape index (κ1) is 16.1. The second-order valence-corrected chi connectivity index (χ2v) is 6.12. The molecule has 1 aliphatic heterocycles. The Bertz CT molecular complexity index is 490. The van der Waals surface area contributed by atoms with E-state index in [0.717, 1.165) is 19.4 Å². The van der Waals surface area contributed by atoms with Gasteiger partial charge in [0.05, 0.1) is 17.9 Å². The summed E-state index contributed by atoms with van der Waals surface area (Å²) in [4.78, 5) is 14.5. The van der Waals surface area contributed by atoms with Crippen molar-refractivity contribution >= 4 is 28.9 Å². The van der Waals surface area contributed by atoms with E-state index in [9.17, 15) is 4.79 Å². The molecule has 0 radical (unpaired) electrons. The van der Waals surface area contributed by atoms with Crippen LogP contribution in [0.1, 0.15) is 39.0 Å². The molecule has 1 fully saturated rings. The van der Waals surface area contributed by atoms with Gasteiger partial charge in [0, 0.05) is 11.1 Å². The number of nitrogens with two attached hydrogens (primary N) is 1. The third kappa shape index (κ3) is 4.61. The van der Waals surface area contributed by atoms with Crippen LogP contribution in [0.2, 0.25) is 5.02 Å². The second-order valence-electron chi connectivity index (χ2n) is 5.69. The fourth-order valence-electron chi connectivity index (χ4n) is 2.94. The van der Waals surface area contributed by atoms with Gasteiger partial charge in [-0.2, -0.15) is 0 Å². The van der Waals surface area contributed by atoms with Gasteiger partial charge in [-0.3, -0.25) is 9.69 Å². The zero-order valence-corrected chi connectivity index (χ0v) is 13.3. The Morgan fingerprint density at radius 3 is 3.05 bits per heavy atom.